The molecule has 6 nitrogen and oxygen atoms in total. The monoisotopic (exact) mass is 413 g/mol. The average molecular weight is 413 g/mol. The van der Waals surface area contributed by atoms with Crippen LogP contribution in [0.2, 0.25) is 0 Å². The Labute approximate surface area is 140 Å². The van der Waals surface area contributed by atoms with Gasteiger partial charge in [0.25, 0.3) is 5.69 Å². The summed E-state index contributed by atoms with van der Waals surface area (Å²) < 4.78 is 4.08. The summed E-state index contributed by atoms with van der Waals surface area (Å²) in [5.74, 6) is -0.397. The molecule has 0 N–H and O–H groups in total. The molecule has 0 radical (unpaired) electrons. The molecule has 0 atom stereocenters. The van der Waals surface area contributed by atoms with E-state index in [0.29, 0.717) is 11.1 Å². The molecular formula is C15H12INO5. The first-order chi connectivity index (χ1) is 10.5. The van der Waals surface area contributed by atoms with E-state index in [2.05, 4.69) is 3.07 Å². The van der Waals surface area contributed by atoms with Crippen LogP contribution in [0, 0.1) is 10.1 Å². The molecule has 7 heteroatoms. The van der Waals surface area contributed by atoms with Crippen molar-refractivity contribution in [2.45, 2.75) is 6.92 Å². The SMILES string of the molecule is CC(=O)OI.O=C(c1ccccc1)c1ccc([N+](=O)[O-])cc1. The number of rotatable bonds is 3. The predicted octanol–water partition coefficient (Wildman–Crippen LogP) is 3.73. The van der Waals surface area contributed by atoms with Gasteiger partial charge in [-0.25, -0.2) is 0 Å². The summed E-state index contributed by atoms with van der Waals surface area (Å²) in [5.41, 5.74) is 0.998. The van der Waals surface area contributed by atoms with E-state index >= 15 is 0 Å². The van der Waals surface area contributed by atoms with E-state index in [0.717, 1.165) is 0 Å². The summed E-state index contributed by atoms with van der Waals surface area (Å²) in [7, 11) is 0. The van der Waals surface area contributed by atoms with Crippen LogP contribution in [0.15, 0.2) is 54.6 Å². The van der Waals surface area contributed by atoms with Crippen molar-refractivity contribution in [1.82, 2.24) is 0 Å². The lowest BCUT2D eigenvalue weighted by molar-refractivity contribution is -0.384. The number of nitrogens with zero attached hydrogens (tertiary/aromatic N) is 1. The number of hydrogen-bond acceptors (Lipinski definition) is 5. The Morgan fingerprint density at radius 1 is 1.00 bits per heavy atom. The Hall–Kier alpha value is -2.29. The zero-order chi connectivity index (χ0) is 16.5. The highest BCUT2D eigenvalue weighted by atomic mass is 127. The Morgan fingerprint density at radius 3 is 1.86 bits per heavy atom. The van der Waals surface area contributed by atoms with Gasteiger partial charge in [-0.05, 0) is 12.1 Å². The van der Waals surface area contributed by atoms with Crippen LogP contribution >= 0.6 is 23.0 Å². The van der Waals surface area contributed by atoms with Crippen LogP contribution in [0.1, 0.15) is 22.8 Å². The predicted molar refractivity (Wildman–Crippen MR) is 88.8 cm³/mol. The topological polar surface area (TPSA) is 86.5 Å². The number of non-ortho nitro benzene ring substituents is 1. The fraction of sp³-hybridized carbons (Fsp3) is 0.0667. The fourth-order valence-corrected chi connectivity index (χ4v) is 1.49. The van der Waals surface area contributed by atoms with E-state index in [1.807, 2.05) is 6.07 Å². The summed E-state index contributed by atoms with van der Waals surface area (Å²) in [6, 6.07) is 14.4. The molecule has 0 heterocycles. The normalized spacial score (nSPS) is 9.18. The number of nitro groups is 1. The molecule has 2 aromatic carbocycles. The highest BCUT2D eigenvalue weighted by Gasteiger charge is 2.10. The van der Waals surface area contributed by atoms with Gasteiger partial charge in [-0.3, -0.25) is 19.7 Å². The van der Waals surface area contributed by atoms with Crippen molar-refractivity contribution < 1.29 is 17.6 Å². The summed E-state index contributed by atoms with van der Waals surface area (Å²) >= 11 is 1.53. The van der Waals surface area contributed by atoms with E-state index in [1.165, 1.54) is 54.2 Å². The smallest absolute Gasteiger partial charge is 0.312 e. The third-order valence-corrected chi connectivity index (χ3v) is 3.11. The molecule has 0 aliphatic heterocycles. The van der Waals surface area contributed by atoms with Gasteiger partial charge in [-0.2, -0.15) is 0 Å². The lowest BCUT2D eigenvalue weighted by atomic mass is 10.0. The van der Waals surface area contributed by atoms with Crippen LogP contribution in [-0.4, -0.2) is 16.7 Å². The highest BCUT2D eigenvalue weighted by molar-refractivity contribution is 14.1. The lowest BCUT2D eigenvalue weighted by Gasteiger charge is -2.00. The Balaban J connectivity index is 0.000000422. The molecule has 0 bridgehead atoms. The van der Waals surface area contributed by atoms with Gasteiger partial charge in [0.05, 0.1) is 4.92 Å². The van der Waals surface area contributed by atoms with Crippen molar-refractivity contribution >= 4 is 40.4 Å². The molecule has 2 rings (SSSR count). The van der Waals surface area contributed by atoms with Crippen molar-refractivity contribution in [2.75, 3.05) is 0 Å². The quantitative estimate of drug-likeness (QED) is 0.331. The molecule has 0 aromatic heterocycles. The number of carbonyl (C=O) groups excluding carboxylic acids is 2. The van der Waals surface area contributed by atoms with Crippen LogP contribution < -0.4 is 0 Å². The number of hydrogen-bond donors (Lipinski definition) is 0. The molecule has 0 unspecified atom stereocenters. The van der Waals surface area contributed by atoms with Crippen LogP contribution in [0.25, 0.3) is 0 Å². The molecule has 2 aromatic rings. The van der Waals surface area contributed by atoms with Crippen LogP contribution in [-0.2, 0) is 7.86 Å². The van der Waals surface area contributed by atoms with Gasteiger partial charge < -0.3 is 3.07 Å². The van der Waals surface area contributed by atoms with Crippen molar-refractivity contribution in [3.05, 3.63) is 75.8 Å². The van der Waals surface area contributed by atoms with Gasteiger partial charge in [0.2, 0.25) is 0 Å². The minimum Gasteiger partial charge on any atom is -0.395 e. The minimum absolute atomic E-state index is 0.0189. The number of benzene rings is 2. The van der Waals surface area contributed by atoms with Gasteiger partial charge in [-0.15, -0.1) is 0 Å². The Morgan fingerprint density at radius 2 is 1.45 bits per heavy atom. The molecule has 0 saturated heterocycles. The van der Waals surface area contributed by atoms with Crippen LogP contribution in [0.3, 0.4) is 0 Å². The van der Waals surface area contributed by atoms with Gasteiger partial charge in [0, 0.05) is 30.2 Å². The average Bonchev–Trinajstić information content (AvgIpc) is 2.55. The molecule has 0 spiro atoms. The summed E-state index contributed by atoms with van der Waals surface area (Å²) in [6.07, 6.45) is 0. The number of carbonyl (C=O) groups is 2. The standard InChI is InChI=1S/C13H9NO3.C2H3IO2/c15-13(10-4-2-1-3-5-10)11-6-8-12(9-7-11)14(16)17;1-2(4)5-3/h1-9H;1H3. The summed E-state index contributed by atoms with van der Waals surface area (Å²) in [5, 5.41) is 10.5. The van der Waals surface area contributed by atoms with Crippen molar-refractivity contribution in [3.63, 3.8) is 0 Å². The maximum atomic E-state index is 12.0. The first-order valence-corrected chi connectivity index (χ1v) is 6.97. The van der Waals surface area contributed by atoms with Gasteiger partial charge >= 0.3 is 5.97 Å². The molecular weight excluding hydrogens is 401 g/mol. The lowest BCUT2D eigenvalue weighted by Crippen LogP contribution is -2.00. The van der Waals surface area contributed by atoms with Crippen LogP contribution in [0.5, 0.6) is 0 Å². The maximum absolute atomic E-state index is 12.0. The summed E-state index contributed by atoms with van der Waals surface area (Å²) in [6.45, 7) is 1.35. The highest BCUT2D eigenvalue weighted by Crippen LogP contribution is 2.15. The van der Waals surface area contributed by atoms with Crippen molar-refractivity contribution in [1.29, 1.82) is 0 Å². The third-order valence-electron chi connectivity index (χ3n) is 2.48. The van der Waals surface area contributed by atoms with Gasteiger partial charge in [-0.1, -0.05) is 30.3 Å². The summed E-state index contributed by atoms with van der Waals surface area (Å²) in [4.78, 5) is 31.5. The number of nitro benzene ring substituents is 1. The first kappa shape index (κ1) is 17.8. The zero-order valence-corrected chi connectivity index (χ0v) is 13.7. The van der Waals surface area contributed by atoms with E-state index in [9.17, 15) is 19.7 Å². The molecule has 0 amide bonds. The Kier molecular flexibility index (Phi) is 7.17. The fourth-order valence-electron chi connectivity index (χ4n) is 1.49. The van der Waals surface area contributed by atoms with Crippen molar-refractivity contribution in [2.24, 2.45) is 0 Å². The minimum atomic E-state index is -0.489. The maximum Gasteiger partial charge on any atom is 0.312 e. The third kappa shape index (κ3) is 5.60. The molecule has 0 fully saturated rings. The van der Waals surface area contributed by atoms with Crippen LogP contribution in [0.4, 0.5) is 5.69 Å². The van der Waals surface area contributed by atoms with E-state index in [-0.39, 0.29) is 17.4 Å². The second-order valence-electron chi connectivity index (χ2n) is 4.07. The van der Waals surface area contributed by atoms with E-state index < -0.39 is 4.92 Å². The number of ketones is 1. The second-order valence-corrected chi connectivity index (χ2v) is 4.51. The Bertz CT molecular complexity index is 655. The second kappa shape index (κ2) is 8.88. The molecule has 22 heavy (non-hydrogen) atoms. The van der Waals surface area contributed by atoms with Crippen molar-refractivity contribution in [3.8, 4) is 0 Å². The first-order valence-electron chi connectivity index (χ1n) is 6.09. The van der Waals surface area contributed by atoms with Gasteiger partial charge in [0.15, 0.2) is 28.8 Å². The zero-order valence-electron chi connectivity index (χ0n) is 11.6. The molecule has 0 saturated carbocycles. The molecule has 114 valence electrons. The van der Waals surface area contributed by atoms with E-state index in [1.54, 1.807) is 24.3 Å². The number of halogens is 1. The molecule has 0 aliphatic rings. The largest absolute Gasteiger partial charge is 0.395 e. The van der Waals surface area contributed by atoms with E-state index in [4.69, 9.17) is 0 Å². The van der Waals surface area contributed by atoms with Gasteiger partial charge in [0.1, 0.15) is 0 Å². The molecule has 0 aliphatic carbocycles.